The summed E-state index contributed by atoms with van der Waals surface area (Å²) in [5.41, 5.74) is 1.37. The van der Waals surface area contributed by atoms with Crippen molar-refractivity contribution in [2.45, 2.75) is 55.6 Å². The van der Waals surface area contributed by atoms with Gasteiger partial charge in [0.25, 0.3) is 5.56 Å². The Morgan fingerprint density at radius 1 is 1.29 bits per heavy atom. The molecule has 8 heteroatoms. The van der Waals surface area contributed by atoms with Crippen molar-refractivity contribution in [3.63, 3.8) is 0 Å². The summed E-state index contributed by atoms with van der Waals surface area (Å²) >= 11 is 3.09. The highest BCUT2D eigenvalue weighted by molar-refractivity contribution is 7.98. The van der Waals surface area contributed by atoms with Gasteiger partial charge in [-0.25, -0.2) is 4.98 Å². The molecule has 3 aromatic rings. The van der Waals surface area contributed by atoms with Gasteiger partial charge in [0.1, 0.15) is 5.01 Å². The molecule has 1 aliphatic rings. The number of benzene rings is 1. The van der Waals surface area contributed by atoms with Crippen LogP contribution in [0.4, 0.5) is 5.69 Å². The molecule has 0 bridgehead atoms. The Labute approximate surface area is 171 Å². The van der Waals surface area contributed by atoms with Crippen LogP contribution in [0.25, 0.3) is 4.96 Å². The van der Waals surface area contributed by atoms with Gasteiger partial charge in [0, 0.05) is 29.6 Å². The Morgan fingerprint density at radius 2 is 2.07 bits per heavy atom. The van der Waals surface area contributed by atoms with Crippen molar-refractivity contribution in [1.82, 2.24) is 14.6 Å². The van der Waals surface area contributed by atoms with Crippen LogP contribution in [-0.4, -0.2) is 20.5 Å². The van der Waals surface area contributed by atoms with Crippen molar-refractivity contribution in [1.29, 1.82) is 0 Å². The molecule has 2 aromatic heterocycles. The van der Waals surface area contributed by atoms with Crippen molar-refractivity contribution in [2.24, 2.45) is 0 Å². The van der Waals surface area contributed by atoms with E-state index in [1.165, 1.54) is 42.0 Å². The van der Waals surface area contributed by atoms with E-state index in [0.717, 1.165) is 34.1 Å². The first kappa shape index (κ1) is 19.1. The van der Waals surface area contributed by atoms with Crippen LogP contribution in [-0.2, 0) is 10.5 Å². The minimum absolute atomic E-state index is 0.106. The zero-order chi connectivity index (χ0) is 19.5. The molecule has 6 nitrogen and oxygen atoms in total. The fourth-order valence-electron chi connectivity index (χ4n) is 3.50. The average Bonchev–Trinajstić information content (AvgIpc) is 3.12. The van der Waals surface area contributed by atoms with Crippen LogP contribution in [0.2, 0.25) is 0 Å². The van der Waals surface area contributed by atoms with E-state index in [1.807, 2.05) is 24.3 Å². The third-order valence-corrected chi connectivity index (χ3v) is 7.02. The number of thioether (sulfide) groups is 1. The summed E-state index contributed by atoms with van der Waals surface area (Å²) in [6, 6.07) is 9.20. The number of hydrogen-bond donors (Lipinski definition) is 1. The van der Waals surface area contributed by atoms with E-state index < -0.39 is 0 Å². The van der Waals surface area contributed by atoms with E-state index >= 15 is 0 Å². The molecule has 0 unspecified atom stereocenters. The van der Waals surface area contributed by atoms with Gasteiger partial charge in [-0.2, -0.15) is 9.61 Å². The van der Waals surface area contributed by atoms with Crippen molar-refractivity contribution >= 4 is 39.7 Å². The van der Waals surface area contributed by atoms with Crippen LogP contribution in [0, 0.1) is 0 Å². The molecule has 1 fully saturated rings. The number of para-hydroxylation sites is 1. The summed E-state index contributed by atoms with van der Waals surface area (Å²) in [5.74, 6) is 0.909. The van der Waals surface area contributed by atoms with E-state index in [2.05, 4.69) is 15.4 Å². The first-order valence-corrected chi connectivity index (χ1v) is 11.3. The van der Waals surface area contributed by atoms with E-state index in [9.17, 15) is 9.59 Å². The second-order valence-corrected chi connectivity index (χ2v) is 9.03. The van der Waals surface area contributed by atoms with Crippen LogP contribution in [0.3, 0.4) is 0 Å². The van der Waals surface area contributed by atoms with E-state index in [1.54, 1.807) is 17.8 Å². The minimum Gasteiger partial charge on any atom is -0.325 e. The largest absolute Gasteiger partial charge is 0.325 e. The van der Waals surface area contributed by atoms with Gasteiger partial charge >= 0.3 is 0 Å². The molecule has 1 aliphatic carbocycles. The van der Waals surface area contributed by atoms with Crippen LogP contribution in [0.5, 0.6) is 0 Å². The van der Waals surface area contributed by atoms with Gasteiger partial charge in [0.2, 0.25) is 10.9 Å². The van der Waals surface area contributed by atoms with Crippen molar-refractivity contribution in [3.05, 3.63) is 51.4 Å². The lowest BCUT2D eigenvalue weighted by Crippen LogP contribution is -2.15. The number of aromatic nitrogens is 3. The monoisotopic (exact) mass is 414 g/mol. The number of rotatable bonds is 5. The number of amides is 1. The number of nitrogens with zero attached hydrogens (tertiary/aromatic N) is 3. The Hall–Kier alpha value is -2.19. The number of fused-ring (bicyclic) bond motifs is 1. The van der Waals surface area contributed by atoms with Crippen LogP contribution in [0.1, 0.15) is 55.6 Å². The van der Waals surface area contributed by atoms with E-state index in [4.69, 9.17) is 0 Å². The van der Waals surface area contributed by atoms with Gasteiger partial charge < -0.3 is 5.32 Å². The topological polar surface area (TPSA) is 76.4 Å². The molecule has 0 atom stereocenters. The molecule has 1 amide bonds. The van der Waals surface area contributed by atoms with E-state index in [0.29, 0.717) is 16.6 Å². The highest BCUT2D eigenvalue weighted by atomic mass is 32.2. The van der Waals surface area contributed by atoms with Gasteiger partial charge in [-0.05, 0) is 25.0 Å². The standard InChI is InChI=1S/C20H22N4O2S2/c1-13(25)21-16-9-5-6-10-17(16)27-12-15-11-18(26)24-20(22-15)28-19(23-24)14-7-3-2-4-8-14/h5-6,9-11,14H,2-4,7-8,12H2,1H3,(H,21,25). The lowest BCUT2D eigenvalue weighted by molar-refractivity contribution is -0.114. The van der Waals surface area contributed by atoms with Gasteiger partial charge in [-0.3, -0.25) is 9.59 Å². The van der Waals surface area contributed by atoms with Crippen LogP contribution in [0.15, 0.2) is 40.0 Å². The Bertz CT molecular complexity index is 1050. The highest BCUT2D eigenvalue weighted by Gasteiger charge is 2.20. The van der Waals surface area contributed by atoms with Crippen molar-refractivity contribution in [2.75, 3.05) is 5.32 Å². The molecular weight excluding hydrogens is 392 g/mol. The number of hydrogen-bond acceptors (Lipinski definition) is 6. The zero-order valence-electron chi connectivity index (χ0n) is 15.7. The van der Waals surface area contributed by atoms with Gasteiger partial charge in [0.15, 0.2) is 0 Å². The van der Waals surface area contributed by atoms with Gasteiger partial charge in [0.05, 0.1) is 11.4 Å². The summed E-state index contributed by atoms with van der Waals surface area (Å²) in [4.78, 5) is 30.2. The molecule has 2 heterocycles. The summed E-state index contributed by atoms with van der Waals surface area (Å²) in [6.07, 6.45) is 6.06. The van der Waals surface area contributed by atoms with Crippen LogP contribution >= 0.6 is 23.1 Å². The Kier molecular flexibility index (Phi) is 5.77. The van der Waals surface area contributed by atoms with Crippen molar-refractivity contribution in [3.8, 4) is 0 Å². The third kappa shape index (κ3) is 4.28. The lowest BCUT2D eigenvalue weighted by Gasteiger charge is -2.18. The molecular formula is C20H22N4O2S2. The number of carbonyl (C=O) groups is 1. The summed E-state index contributed by atoms with van der Waals surface area (Å²) in [5, 5.41) is 8.42. The maximum Gasteiger partial charge on any atom is 0.275 e. The number of carbonyl (C=O) groups excluding carboxylic acids is 1. The van der Waals surface area contributed by atoms with E-state index in [-0.39, 0.29) is 11.5 Å². The smallest absolute Gasteiger partial charge is 0.275 e. The second-order valence-electron chi connectivity index (χ2n) is 7.02. The van der Waals surface area contributed by atoms with Gasteiger partial charge in [-0.15, -0.1) is 11.8 Å². The fraction of sp³-hybridized carbons (Fsp3) is 0.400. The van der Waals surface area contributed by atoms with Gasteiger partial charge in [-0.1, -0.05) is 42.7 Å². The molecule has 0 saturated heterocycles. The molecule has 4 rings (SSSR count). The Balaban J connectivity index is 1.55. The first-order valence-electron chi connectivity index (χ1n) is 9.49. The SMILES string of the molecule is CC(=O)Nc1ccccc1SCc1cc(=O)n2nc(C3CCCCC3)sc2n1. The molecule has 146 valence electrons. The predicted molar refractivity (Wildman–Crippen MR) is 113 cm³/mol. The zero-order valence-corrected chi connectivity index (χ0v) is 17.3. The second kappa shape index (κ2) is 8.45. The number of anilines is 1. The highest BCUT2D eigenvalue weighted by Crippen LogP contribution is 2.34. The molecule has 0 radical (unpaired) electrons. The van der Waals surface area contributed by atoms with Crippen LogP contribution < -0.4 is 10.9 Å². The maximum atomic E-state index is 12.5. The Morgan fingerprint density at radius 3 is 2.86 bits per heavy atom. The molecule has 28 heavy (non-hydrogen) atoms. The molecule has 1 N–H and O–H groups in total. The predicted octanol–water partition coefficient (Wildman–Crippen LogP) is 4.45. The maximum absolute atomic E-state index is 12.5. The quantitative estimate of drug-likeness (QED) is 0.624. The average molecular weight is 415 g/mol. The third-order valence-electron chi connectivity index (χ3n) is 4.84. The normalized spacial score (nSPS) is 15.0. The molecule has 1 saturated carbocycles. The minimum atomic E-state index is -0.131. The summed E-state index contributed by atoms with van der Waals surface area (Å²) in [7, 11) is 0. The molecule has 0 aliphatic heterocycles. The fourth-order valence-corrected chi connectivity index (χ4v) is 5.49. The molecule has 1 aromatic carbocycles. The number of nitrogens with one attached hydrogen (secondary N) is 1. The molecule has 0 spiro atoms. The summed E-state index contributed by atoms with van der Waals surface area (Å²) in [6.45, 7) is 1.49. The summed E-state index contributed by atoms with van der Waals surface area (Å²) < 4.78 is 1.44. The first-order chi connectivity index (χ1) is 13.6. The lowest BCUT2D eigenvalue weighted by atomic mass is 9.90. The van der Waals surface area contributed by atoms with Crippen molar-refractivity contribution < 1.29 is 4.79 Å².